The summed E-state index contributed by atoms with van der Waals surface area (Å²) in [5.74, 6) is 0.427. The number of halogens is 2. The summed E-state index contributed by atoms with van der Waals surface area (Å²) in [6, 6.07) is 13.4. The molecule has 0 atom stereocenters. The second-order valence-electron chi connectivity index (χ2n) is 6.15. The van der Waals surface area contributed by atoms with E-state index in [0.29, 0.717) is 35.7 Å². The van der Waals surface area contributed by atoms with Gasteiger partial charge in [0.1, 0.15) is 5.82 Å². The monoisotopic (exact) mass is 434 g/mol. The minimum absolute atomic E-state index is 0.145. The van der Waals surface area contributed by atoms with Crippen LogP contribution in [0.3, 0.4) is 0 Å². The van der Waals surface area contributed by atoms with Crippen molar-refractivity contribution in [2.24, 2.45) is 0 Å². The van der Waals surface area contributed by atoms with Gasteiger partial charge in [-0.15, -0.1) is 10.2 Å². The number of ether oxygens (including phenoxy) is 1. The fraction of sp³-hybridized carbons (Fsp3) is 0.250. The zero-order chi connectivity index (χ0) is 20.6. The van der Waals surface area contributed by atoms with Gasteiger partial charge in [-0.05, 0) is 42.0 Å². The summed E-state index contributed by atoms with van der Waals surface area (Å²) in [7, 11) is 1.63. The molecular weight excluding hydrogens is 415 g/mol. The van der Waals surface area contributed by atoms with Crippen LogP contribution in [-0.4, -0.2) is 40.1 Å². The van der Waals surface area contributed by atoms with E-state index in [9.17, 15) is 9.18 Å². The van der Waals surface area contributed by atoms with Crippen LogP contribution in [0.1, 0.15) is 5.56 Å². The number of nitrogens with one attached hydrogen (secondary N) is 1. The molecule has 3 aromatic rings. The van der Waals surface area contributed by atoms with E-state index in [1.807, 2.05) is 16.7 Å². The van der Waals surface area contributed by atoms with E-state index in [2.05, 4.69) is 15.5 Å². The number of amides is 1. The molecule has 3 rings (SSSR count). The van der Waals surface area contributed by atoms with Gasteiger partial charge in [-0.2, -0.15) is 0 Å². The van der Waals surface area contributed by atoms with Gasteiger partial charge in [0.15, 0.2) is 11.0 Å². The van der Waals surface area contributed by atoms with Crippen LogP contribution < -0.4 is 5.32 Å². The quantitative estimate of drug-likeness (QED) is 0.519. The molecule has 1 amide bonds. The molecule has 0 aliphatic rings. The van der Waals surface area contributed by atoms with E-state index in [0.717, 1.165) is 11.1 Å². The van der Waals surface area contributed by atoms with Crippen molar-refractivity contribution in [1.82, 2.24) is 20.1 Å². The Hall–Kier alpha value is -2.42. The van der Waals surface area contributed by atoms with Gasteiger partial charge in [-0.3, -0.25) is 9.36 Å². The van der Waals surface area contributed by atoms with Crippen LogP contribution in [0.25, 0.3) is 11.4 Å². The highest BCUT2D eigenvalue weighted by molar-refractivity contribution is 7.99. The maximum Gasteiger partial charge on any atom is 0.230 e. The Kier molecular flexibility index (Phi) is 7.62. The first-order chi connectivity index (χ1) is 14.1. The van der Waals surface area contributed by atoms with Crippen molar-refractivity contribution >= 4 is 29.3 Å². The largest absolute Gasteiger partial charge is 0.383 e. The van der Waals surface area contributed by atoms with Crippen molar-refractivity contribution in [3.63, 3.8) is 0 Å². The maximum absolute atomic E-state index is 12.9. The van der Waals surface area contributed by atoms with Gasteiger partial charge in [0.05, 0.1) is 18.9 Å². The van der Waals surface area contributed by atoms with Crippen LogP contribution in [0.5, 0.6) is 0 Å². The summed E-state index contributed by atoms with van der Waals surface area (Å²) < 4.78 is 20.1. The highest BCUT2D eigenvalue weighted by Gasteiger charge is 2.15. The lowest BCUT2D eigenvalue weighted by molar-refractivity contribution is -0.118. The molecule has 1 aromatic heterocycles. The fourth-order valence-electron chi connectivity index (χ4n) is 2.58. The molecule has 6 nitrogen and oxygen atoms in total. The Morgan fingerprint density at radius 1 is 1.17 bits per heavy atom. The van der Waals surface area contributed by atoms with Crippen LogP contribution in [0.4, 0.5) is 4.39 Å². The lowest BCUT2D eigenvalue weighted by atomic mass is 10.2. The molecule has 0 bridgehead atoms. The lowest BCUT2D eigenvalue weighted by Gasteiger charge is -2.10. The Morgan fingerprint density at radius 3 is 2.59 bits per heavy atom. The van der Waals surface area contributed by atoms with Crippen LogP contribution in [-0.2, 0) is 22.6 Å². The molecule has 29 heavy (non-hydrogen) atoms. The van der Waals surface area contributed by atoms with E-state index in [-0.39, 0.29) is 17.5 Å². The number of rotatable bonds is 9. The zero-order valence-corrected chi connectivity index (χ0v) is 17.3. The molecule has 0 aliphatic heterocycles. The summed E-state index contributed by atoms with van der Waals surface area (Å²) in [6.45, 7) is 1.38. The van der Waals surface area contributed by atoms with Crippen molar-refractivity contribution in [3.05, 3.63) is 64.9 Å². The minimum Gasteiger partial charge on any atom is -0.383 e. The Bertz CT molecular complexity index is 948. The highest BCUT2D eigenvalue weighted by atomic mass is 35.5. The normalized spacial score (nSPS) is 10.9. The van der Waals surface area contributed by atoms with Gasteiger partial charge in [-0.25, -0.2) is 4.39 Å². The molecule has 1 heterocycles. The summed E-state index contributed by atoms with van der Waals surface area (Å²) >= 11 is 7.26. The van der Waals surface area contributed by atoms with E-state index < -0.39 is 0 Å². The third kappa shape index (κ3) is 6.03. The molecule has 0 radical (unpaired) electrons. The van der Waals surface area contributed by atoms with Crippen molar-refractivity contribution in [3.8, 4) is 11.4 Å². The first-order valence-electron chi connectivity index (χ1n) is 8.89. The summed E-state index contributed by atoms with van der Waals surface area (Å²) in [5.41, 5.74) is 1.71. The number of hydrogen-bond acceptors (Lipinski definition) is 5. The van der Waals surface area contributed by atoms with Gasteiger partial charge in [0, 0.05) is 24.2 Å². The molecule has 9 heteroatoms. The van der Waals surface area contributed by atoms with E-state index >= 15 is 0 Å². The van der Waals surface area contributed by atoms with Gasteiger partial charge >= 0.3 is 0 Å². The number of methoxy groups -OCH3 is 1. The molecular formula is C20H20ClFN4O2S. The SMILES string of the molecule is COCCn1c(SCC(=O)NCc2ccc(F)cc2)nnc1-c1ccc(Cl)cc1. The topological polar surface area (TPSA) is 69.0 Å². The molecule has 0 unspecified atom stereocenters. The van der Waals surface area contributed by atoms with Gasteiger partial charge < -0.3 is 10.1 Å². The van der Waals surface area contributed by atoms with Crippen molar-refractivity contribution < 1.29 is 13.9 Å². The molecule has 152 valence electrons. The van der Waals surface area contributed by atoms with Gasteiger partial charge in [-0.1, -0.05) is 35.5 Å². The standard InChI is InChI=1S/C20H20ClFN4O2S/c1-28-11-10-26-19(15-4-6-16(21)7-5-15)24-25-20(26)29-13-18(27)23-12-14-2-8-17(22)9-3-14/h2-9H,10-13H2,1H3,(H,23,27). The van der Waals surface area contributed by atoms with Crippen LogP contribution in [0, 0.1) is 5.82 Å². The minimum atomic E-state index is -0.303. The van der Waals surface area contributed by atoms with Crippen molar-refractivity contribution in [2.45, 2.75) is 18.2 Å². The van der Waals surface area contributed by atoms with E-state index in [1.54, 1.807) is 31.4 Å². The molecule has 0 saturated carbocycles. The van der Waals surface area contributed by atoms with Gasteiger partial charge in [0.25, 0.3) is 0 Å². The number of thioether (sulfide) groups is 1. The molecule has 0 fully saturated rings. The predicted molar refractivity (Wildman–Crippen MR) is 111 cm³/mol. The summed E-state index contributed by atoms with van der Waals surface area (Å²) in [5, 5.41) is 12.6. The van der Waals surface area contributed by atoms with E-state index in [1.165, 1.54) is 23.9 Å². The average molecular weight is 435 g/mol. The van der Waals surface area contributed by atoms with Crippen LogP contribution in [0.15, 0.2) is 53.7 Å². The highest BCUT2D eigenvalue weighted by Crippen LogP contribution is 2.25. The second kappa shape index (κ2) is 10.4. The average Bonchev–Trinajstić information content (AvgIpc) is 3.13. The number of hydrogen-bond donors (Lipinski definition) is 1. The Morgan fingerprint density at radius 2 is 1.90 bits per heavy atom. The number of nitrogens with zero attached hydrogens (tertiary/aromatic N) is 3. The third-order valence-corrected chi connectivity index (χ3v) is 5.29. The zero-order valence-electron chi connectivity index (χ0n) is 15.8. The maximum atomic E-state index is 12.9. The third-order valence-electron chi connectivity index (χ3n) is 4.07. The molecule has 2 aromatic carbocycles. The number of carbonyl (C=O) groups is 1. The fourth-order valence-corrected chi connectivity index (χ4v) is 3.50. The molecule has 0 saturated heterocycles. The second-order valence-corrected chi connectivity index (χ2v) is 7.53. The molecule has 0 spiro atoms. The number of aromatic nitrogens is 3. The lowest BCUT2D eigenvalue weighted by Crippen LogP contribution is -2.24. The molecule has 1 N–H and O–H groups in total. The summed E-state index contributed by atoms with van der Waals surface area (Å²) in [4.78, 5) is 12.2. The first-order valence-corrected chi connectivity index (χ1v) is 10.2. The van der Waals surface area contributed by atoms with Gasteiger partial charge in [0.2, 0.25) is 5.91 Å². The first kappa shape index (κ1) is 21.3. The number of benzene rings is 2. The summed E-state index contributed by atoms with van der Waals surface area (Å²) in [6.07, 6.45) is 0. The molecule has 0 aliphatic carbocycles. The Balaban J connectivity index is 1.64. The predicted octanol–water partition coefficient (Wildman–Crippen LogP) is 3.79. The smallest absolute Gasteiger partial charge is 0.230 e. The van der Waals surface area contributed by atoms with E-state index in [4.69, 9.17) is 16.3 Å². The van der Waals surface area contributed by atoms with Crippen LogP contribution >= 0.6 is 23.4 Å². The van der Waals surface area contributed by atoms with Crippen LogP contribution in [0.2, 0.25) is 5.02 Å². The van der Waals surface area contributed by atoms with Crippen molar-refractivity contribution in [1.29, 1.82) is 0 Å². The van der Waals surface area contributed by atoms with Crippen molar-refractivity contribution in [2.75, 3.05) is 19.5 Å². The number of carbonyl (C=O) groups excluding carboxylic acids is 1. The Labute approximate surface area is 177 Å².